The lowest BCUT2D eigenvalue weighted by Crippen LogP contribution is -2.15. The van der Waals surface area contributed by atoms with Gasteiger partial charge in [-0.2, -0.15) is 0 Å². The molecule has 0 fully saturated rings. The van der Waals surface area contributed by atoms with Crippen molar-refractivity contribution < 1.29 is 4.42 Å². The first-order valence-electron chi connectivity index (χ1n) is 14.2. The molecule has 2 nitrogen and oxygen atoms in total. The lowest BCUT2D eigenvalue weighted by molar-refractivity contribution is 0.660. The third-order valence-electron chi connectivity index (χ3n) is 8.68. The minimum absolute atomic E-state index is 0.0559. The average molecular weight is 528 g/mol. The van der Waals surface area contributed by atoms with Gasteiger partial charge in [0.1, 0.15) is 11.2 Å². The Morgan fingerprint density at radius 3 is 2.12 bits per heavy atom. The maximum atomic E-state index is 6.30. The van der Waals surface area contributed by atoms with E-state index < -0.39 is 0 Å². The SMILES string of the molecule is CC1(C)c2ccccc2-c2ccc(Nc3cccc(-c4ccccc4)c3-c3cccc4oc5ccccc5c34)cc21. The molecule has 0 aliphatic heterocycles. The Kier molecular flexibility index (Phi) is 5.20. The summed E-state index contributed by atoms with van der Waals surface area (Å²) in [5, 5.41) is 6.12. The summed E-state index contributed by atoms with van der Waals surface area (Å²) in [6, 6.07) is 47.5. The van der Waals surface area contributed by atoms with Crippen LogP contribution in [0.25, 0.3) is 55.3 Å². The number of furan rings is 1. The molecule has 2 heteroatoms. The lowest BCUT2D eigenvalue weighted by Gasteiger charge is -2.23. The molecule has 1 aliphatic carbocycles. The zero-order chi connectivity index (χ0) is 27.6. The van der Waals surface area contributed by atoms with E-state index in [0.29, 0.717) is 0 Å². The van der Waals surface area contributed by atoms with Gasteiger partial charge < -0.3 is 9.73 Å². The summed E-state index contributed by atoms with van der Waals surface area (Å²) in [6.07, 6.45) is 0. The van der Waals surface area contributed by atoms with E-state index in [2.05, 4.69) is 140 Å². The van der Waals surface area contributed by atoms with Crippen LogP contribution >= 0.6 is 0 Å². The normalized spacial score (nSPS) is 13.3. The fraction of sp³-hybridized carbons (Fsp3) is 0.0769. The second-order valence-electron chi connectivity index (χ2n) is 11.4. The first-order valence-corrected chi connectivity index (χ1v) is 14.2. The molecule has 196 valence electrons. The molecule has 0 spiro atoms. The molecule has 0 saturated carbocycles. The highest BCUT2D eigenvalue weighted by molar-refractivity contribution is 6.15. The fourth-order valence-electron chi connectivity index (χ4n) is 6.73. The fourth-order valence-corrected chi connectivity index (χ4v) is 6.73. The Morgan fingerprint density at radius 2 is 1.22 bits per heavy atom. The maximum Gasteiger partial charge on any atom is 0.136 e. The molecule has 0 amide bonds. The molecule has 1 N–H and O–H groups in total. The van der Waals surface area contributed by atoms with Gasteiger partial charge in [-0.25, -0.2) is 0 Å². The number of anilines is 2. The van der Waals surface area contributed by atoms with Crippen LogP contribution in [0.5, 0.6) is 0 Å². The predicted octanol–water partition coefficient (Wildman–Crippen LogP) is 11.0. The number of fused-ring (bicyclic) bond motifs is 6. The molecule has 8 rings (SSSR count). The molecule has 0 saturated heterocycles. The largest absolute Gasteiger partial charge is 0.456 e. The highest BCUT2D eigenvalue weighted by Gasteiger charge is 2.35. The molecule has 0 unspecified atom stereocenters. The highest BCUT2D eigenvalue weighted by atomic mass is 16.3. The van der Waals surface area contributed by atoms with E-state index in [1.807, 2.05) is 12.1 Å². The van der Waals surface area contributed by atoms with Crippen LogP contribution in [0.15, 0.2) is 138 Å². The standard InChI is InChI=1S/C39H29NO/c1-39(2)32-18-8-6-14-28(32)29-23-22-26(24-33(29)39)40-34-19-10-16-27(25-12-4-3-5-13-25)37(34)31-17-11-21-36-38(31)30-15-7-9-20-35(30)41-36/h3-24,40H,1-2H3. The van der Waals surface area contributed by atoms with Crippen molar-refractivity contribution in [3.8, 4) is 33.4 Å². The minimum Gasteiger partial charge on any atom is -0.456 e. The van der Waals surface area contributed by atoms with Crippen LogP contribution in [-0.2, 0) is 5.41 Å². The summed E-state index contributed by atoms with van der Waals surface area (Å²) in [5.41, 5.74) is 14.0. The van der Waals surface area contributed by atoms with E-state index >= 15 is 0 Å². The minimum atomic E-state index is -0.0559. The van der Waals surface area contributed by atoms with E-state index in [9.17, 15) is 0 Å². The molecule has 41 heavy (non-hydrogen) atoms. The molecule has 6 aromatic carbocycles. The van der Waals surface area contributed by atoms with Gasteiger partial charge in [-0.1, -0.05) is 117 Å². The van der Waals surface area contributed by atoms with Crippen molar-refractivity contribution in [2.24, 2.45) is 0 Å². The van der Waals surface area contributed by atoms with Crippen LogP contribution in [-0.4, -0.2) is 0 Å². The Hall–Kier alpha value is -5.08. The molecule has 1 heterocycles. The predicted molar refractivity (Wildman–Crippen MR) is 172 cm³/mol. The summed E-state index contributed by atoms with van der Waals surface area (Å²) >= 11 is 0. The van der Waals surface area contributed by atoms with E-state index in [4.69, 9.17) is 4.42 Å². The number of benzene rings is 6. The van der Waals surface area contributed by atoms with Crippen LogP contribution in [0.3, 0.4) is 0 Å². The van der Waals surface area contributed by atoms with Gasteiger partial charge in [-0.05, 0) is 69.3 Å². The van der Waals surface area contributed by atoms with Crippen molar-refractivity contribution in [2.75, 3.05) is 5.32 Å². The van der Waals surface area contributed by atoms with Crippen molar-refractivity contribution in [3.05, 3.63) is 145 Å². The average Bonchev–Trinajstić information content (AvgIpc) is 3.50. The Morgan fingerprint density at radius 1 is 0.537 bits per heavy atom. The summed E-state index contributed by atoms with van der Waals surface area (Å²) in [7, 11) is 0. The molecule has 0 bridgehead atoms. The van der Waals surface area contributed by atoms with Gasteiger partial charge in [0.05, 0.1) is 0 Å². The number of hydrogen-bond acceptors (Lipinski definition) is 2. The molecule has 1 aliphatic rings. The number of nitrogens with one attached hydrogen (secondary N) is 1. The van der Waals surface area contributed by atoms with Crippen LogP contribution in [0.4, 0.5) is 11.4 Å². The first kappa shape index (κ1) is 23.8. The Balaban J connectivity index is 1.34. The van der Waals surface area contributed by atoms with Crippen molar-refractivity contribution in [3.63, 3.8) is 0 Å². The first-order chi connectivity index (χ1) is 20.1. The monoisotopic (exact) mass is 527 g/mol. The molecular weight excluding hydrogens is 498 g/mol. The van der Waals surface area contributed by atoms with Gasteiger partial charge in [-0.15, -0.1) is 0 Å². The van der Waals surface area contributed by atoms with E-state index in [1.54, 1.807) is 0 Å². The summed E-state index contributed by atoms with van der Waals surface area (Å²) in [6.45, 7) is 4.65. The van der Waals surface area contributed by atoms with Gasteiger partial charge in [-0.3, -0.25) is 0 Å². The smallest absolute Gasteiger partial charge is 0.136 e. The van der Waals surface area contributed by atoms with E-state index in [1.165, 1.54) is 38.9 Å². The summed E-state index contributed by atoms with van der Waals surface area (Å²) in [5.74, 6) is 0. The van der Waals surface area contributed by atoms with Crippen LogP contribution < -0.4 is 5.32 Å². The summed E-state index contributed by atoms with van der Waals surface area (Å²) in [4.78, 5) is 0. The Bertz CT molecular complexity index is 2100. The number of para-hydroxylation sites is 1. The summed E-state index contributed by atoms with van der Waals surface area (Å²) < 4.78 is 6.30. The van der Waals surface area contributed by atoms with Gasteiger partial charge in [0.15, 0.2) is 0 Å². The Labute approximate surface area is 239 Å². The molecular formula is C39H29NO. The molecule has 7 aromatic rings. The van der Waals surface area contributed by atoms with Gasteiger partial charge in [0.2, 0.25) is 0 Å². The van der Waals surface area contributed by atoms with Crippen molar-refractivity contribution in [2.45, 2.75) is 19.3 Å². The van der Waals surface area contributed by atoms with Crippen molar-refractivity contribution in [1.82, 2.24) is 0 Å². The van der Waals surface area contributed by atoms with E-state index in [-0.39, 0.29) is 5.41 Å². The highest BCUT2D eigenvalue weighted by Crippen LogP contribution is 2.50. The third-order valence-corrected chi connectivity index (χ3v) is 8.68. The molecule has 1 aromatic heterocycles. The lowest BCUT2D eigenvalue weighted by atomic mass is 9.82. The van der Waals surface area contributed by atoms with Crippen molar-refractivity contribution >= 4 is 33.3 Å². The number of rotatable bonds is 4. The zero-order valence-corrected chi connectivity index (χ0v) is 23.1. The molecule has 0 atom stereocenters. The van der Waals surface area contributed by atoms with Crippen LogP contribution in [0.1, 0.15) is 25.0 Å². The van der Waals surface area contributed by atoms with E-state index in [0.717, 1.165) is 38.9 Å². The van der Waals surface area contributed by atoms with Crippen LogP contribution in [0, 0.1) is 0 Å². The molecule has 0 radical (unpaired) electrons. The zero-order valence-electron chi connectivity index (χ0n) is 23.1. The van der Waals surface area contributed by atoms with Crippen LogP contribution in [0.2, 0.25) is 0 Å². The topological polar surface area (TPSA) is 25.2 Å². The number of hydrogen-bond donors (Lipinski definition) is 1. The third kappa shape index (κ3) is 3.64. The maximum absolute atomic E-state index is 6.30. The second kappa shape index (κ2) is 8.97. The van der Waals surface area contributed by atoms with Crippen molar-refractivity contribution in [1.29, 1.82) is 0 Å². The quantitative estimate of drug-likeness (QED) is 0.246. The second-order valence-corrected chi connectivity index (χ2v) is 11.4. The van der Waals surface area contributed by atoms with Gasteiger partial charge >= 0.3 is 0 Å². The van der Waals surface area contributed by atoms with Gasteiger partial charge in [0, 0.05) is 33.1 Å². The van der Waals surface area contributed by atoms with Gasteiger partial charge in [0.25, 0.3) is 0 Å².